The summed E-state index contributed by atoms with van der Waals surface area (Å²) in [6, 6.07) is 23.6. The van der Waals surface area contributed by atoms with E-state index in [1.165, 1.54) is 0 Å². The van der Waals surface area contributed by atoms with E-state index in [4.69, 9.17) is 0 Å². The van der Waals surface area contributed by atoms with E-state index in [9.17, 15) is 9.59 Å². The molecule has 0 saturated carbocycles. The SMILES string of the molecule is O=C(Cc1cccc2ccccc12)NCC(=O)Nc1cccc(-c2ccsc2)c1. The van der Waals surface area contributed by atoms with Gasteiger partial charge >= 0.3 is 0 Å². The van der Waals surface area contributed by atoms with Crippen molar-refractivity contribution >= 4 is 39.6 Å². The summed E-state index contributed by atoms with van der Waals surface area (Å²) in [5.74, 6) is -0.428. The predicted octanol–water partition coefficient (Wildman–Crippen LogP) is 4.87. The molecule has 0 bridgehead atoms. The van der Waals surface area contributed by atoms with Crippen LogP contribution in [0.4, 0.5) is 5.69 Å². The molecule has 29 heavy (non-hydrogen) atoms. The lowest BCUT2D eigenvalue weighted by Crippen LogP contribution is -2.33. The predicted molar refractivity (Wildman–Crippen MR) is 119 cm³/mol. The molecular weight excluding hydrogens is 380 g/mol. The van der Waals surface area contributed by atoms with E-state index in [2.05, 4.69) is 16.0 Å². The molecule has 4 rings (SSSR count). The van der Waals surface area contributed by atoms with Gasteiger partial charge in [0.1, 0.15) is 0 Å². The van der Waals surface area contributed by atoms with Crippen molar-refractivity contribution in [1.29, 1.82) is 0 Å². The zero-order chi connectivity index (χ0) is 20.1. The first kappa shape index (κ1) is 18.9. The quantitative estimate of drug-likeness (QED) is 0.485. The van der Waals surface area contributed by atoms with E-state index in [-0.39, 0.29) is 24.8 Å². The number of anilines is 1. The Morgan fingerprint density at radius 3 is 2.52 bits per heavy atom. The summed E-state index contributed by atoms with van der Waals surface area (Å²) >= 11 is 1.63. The lowest BCUT2D eigenvalue weighted by atomic mass is 10.0. The van der Waals surface area contributed by atoms with Gasteiger partial charge < -0.3 is 10.6 Å². The smallest absolute Gasteiger partial charge is 0.243 e. The molecule has 144 valence electrons. The molecule has 5 heteroatoms. The second-order valence-corrected chi connectivity index (χ2v) is 7.51. The Morgan fingerprint density at radius 2 is 1.66 bits per heavy atom. The van der Waals surface area contributed by atoms with Crippen molar-refractivity contribution in [3.05, 3.63) is 89.1 Å². The minimum Gasteiger partial charge on any atom is -0.347 e. The van der Waals surface area contributed by atoms with Crippen LogP contribution in [0.15, 0.2) is 83.6 Å². The third-order valence-electron chi connectivity index (χ3n) is 4.68. The first-order valence-corrected chi connectivity index (χ1v) is 10.3. The molecule has 0 aliphatic heterocycles. The molecule has 0 radical (unpaired) electrons. The van der Waals surface area contributed by atoms with Gasteiger partial charge in [-0.05, 0) is 56.4 Å². The Balaban J connectivity index is 1.34. The second-order valence-electron chi connectivity index (χ2n) is 6.73. The number of carbonyl (C=O) groups excluding carboxylic acids is 2. The number of rotatable bonds is 6. The van der Waals surface area contributed by atoms with Gasteiger partial charge in [0.15, 0.2) is 0 Å². The normalized spacial score (nSPS) is 10.6. The Bertz CT molecular complexity index is 1150. The third kappa shape index (κ3) is 4.70. The molecule has 0 aliphatic rings. The molecule has 0 fully saturated rings. The van der Waals surface area contributed by atoms with Crippen LogP contribution in [0, 0.1) is 0 Å². The van der Waals surface area contributed by atoms with Crippen LogP contribution in [0.3, 0.4) is 0 Å². The standard InChI is InChI=1S/C24H20N2O2S/c27-23(14-19-8-3-6-17-5-1-2-10-22(17)19)25-15-24(28)26-21-9-4-7-18(13-21)20-11-12-29-16-20/h1-13,16H,14-15H2,(H,25,27)(H,26,28). The summed E-state index contributed by atoms with van der Waals surface area (Å²) in [5, 5.41) is 11.8. The van der Waals surface area contributed by atoms with Gasteiger partial charge in [0.05, 0.1) is 13.0 Å². The van der Waals surface area contributed by atoms with E-state index >= 15 is 0 Å². The van der Waals surface area contributed by atoms with Crippen molar-refractivity contribution in [3.8, 4) is 11.1 Å². The highest BCUT2D eigenvalue weighted by molar-refractivity contribution is 7.08. The Morgan fingerprint density at radius 1 is 0.828 bits per heavy atom. The Kier molecular flexibility index (Phi) is 5.68. The average molecular weight is 401 g/mol. The summed E-state index contributed by atoms with van der Waals surface area (Å²) in [5.41, 5.74) is 3.82. The summed E-state index contributed by atoms with van der Waals surface area (Å²) in [7, 11) is 0. The van der Waals surface area contributed by atoms with Crippen LogP contribution in [0.2, 0.25) is 0 Å². The number of hydrogen-bond acceptors (Lipinski definition) is 3. The maximum atomic E-state index is 12.3. The highest BCUT2D eigenvalue weighted by Gasteiger charge is 2.09. The summed E-state index contributed by atoms with van der Waals surface area (Å²) in [6.07, 6.45) is 0.238. The van der Waals surface area contributed by atoms with E-state index in [0.29, 0.717) is 5.69 Å². The van der Waals surface area contributed by atoms with E-state index in [1.807, 2.05) is 78.2 Å². The molecule has 4 aromatic rings. The van der Waals surface area contributed by atoms with Crippen LogP contribution in [0.1, 0.15) is 5.56 Å². The number of benzene rings is 3. The molecule has 0 saturated heterocycles. The van der Waals surface area contributed by atoms with Crippen molar-refractivity contribution in [2.24, 2.45) is 0 Å². The Hall–Kier alpha value is -3.44. The molecule has 0 aliphatic carbocycles. The fourth-order valence-corrected chi connectivity index (χ4v) is 3.94. The van der Waals surface area contributed by atoms with Crippen LogP contribution >= 0.6 is 11.3 Å². The number of hydrogen-bond donors (Lipinski definition) is 2. The Labute approximate surface area is 173 Å². The van der Waals surface area contributed by atoms with Crippen molar-refractivity contribution in [3.63, 3.8) is 0 Å². The van der Waals surface area contributed by atoms with E-state index in [1.54, 1.807) is 11.3 Å². The molecule has 0 unspecified atom stereocenters. The third-order valence-corrected chi connectivity index (χ3v) is 5.36. The molecular formula is C24H20N2O2S. The molecule has 4 nitrogen and oxygen atoms in total. The van der Waals surface area contributed by atoms with Crippen LogP contribution in [0.5, 0.6) is 0 Å². The molecule has 1 heterocycles. The zero-order valence-electron chi connectivity index (χ0n) is 15.7. The van der Waals surface area contributed by atoms with Crippen LogP contribution in [-0.2, 0) is 16.0 Å². The van der Waals surface area contributed by atoms with Crippen molar-refractivity contribution in [1.82, 2.24) is 5.32 Å². The van der Waals surface area contributed by atoms with Gasteiger partial charge in [0.2, 0.25) is 11.8 Å². The van der Waals surface area contributed by atoms with Gasteiger partial charge in [-0.15, -0.1) is 0 Å². The van der Waals surface area contributed by atoms with Crippen molar-refractivity contribution < 1.29 is 9.59 Å². The number of fused-ring (bicyclic) bond motifs is 1. The fourth-order valence-electron chi connectivity index (χ4n) is 3.27. The van der Waals surface area contributed by atoms with E-state index < -0.39 is 0 Å². The minimum absolute atomic E-state index is 0.0632. The lowest BCUT2D eigenvalue weighted by molar-refractivity contribution is -0.123. The highest BCUT2D eigenvalue weighted by atomic mass is 32.1. The van der Waals surface area contributed by atoms with Gasteiger partial charge in [0, 0.05) is 5.69 Å². The monoisotopic (exact) mass is 400 g/mol. The van der Waals surface area contributed by atoms with Gasteiger partial charge in [-0.1, -0.05) is 54.6 Å². The molecule has 2 N–H and O–H groups in total. The summed E-state index contributed by atoms with van der Waals surface area (Å²) in [4.78, 5) is 24.6. The minimum atomic E-state index is -0.251. The molecule has 3 aromatic carbocycles. The first-order chi connectivity index (χ1) is 14.2. The van der Waals surface area contributed by atoms with Gasteiger partial charge in [-0.2, -0.15) is 11.3 Å². The fraction of sp³-hybridized carbons (Fsp3) is 0.0833. The van der Waals surface area contributed by atoms with Gasteiger partial charge in [-0.3, -0.25) is 9.59 Å². The topological polar surface area (TPSA) is 58.2 Å². The molecule has 0 spiro atoms. The van der Waals surface area contributed by atoms with Gasteiger partial charge in [-0.25, -0.2) is 0 Å². The maximum absolute atomic E-state index is 12.3. The average Bonchev–Trinajstić information content (AvgIpc) is 3.28. The summed E-state index contributed by atoms with van der Waals surface area (Å²) in [6.45, 7) is -0.0632. The van der Waals surface area contributed by atoms with Crippen LogP contribution in [-0.4, -0.2) is 18.4 Å². The molecule has 0 atom stereocenters. The van der Waals surface area contributed by atoms with E-state index in [0.717, 1.165) is 27.5 Å². The number of thiophene rings is 1. The van der Waals surface area contributed by atoms with Crippen molar-refractivity contribution in [2.45, 2.75) is 6.42 Å². The number of nitrogens with one attached hydrogen (secondary N) is 2. The van der Waals surface area contributed by atoms with Crippen LogP contribution in [0.25, 0.3) is 21.9 Å². The molecule has 1 aromatic heterocycles. The van der Waals surface area contributed by atoms with Gasteiger partial charge in [0.25, 0.3) is 0 Å². The largest absolute Gasteiger partial charge is 0.347 e. The number of carbonyl (C=O) groups is 2. The number of amides is 2. The first-order valence-electron chi connectivity index (χ1n) is 9.35. The molecule has 2 amide bonds. The lowest BCUT2D eigenvalue weighted by Gasteiger charge is -2.09. The maximum Gasteiger partial charge on any atom is 0.243 e. The van der Waals surface area contributed by atoms with Crippen molar-refractivity contribution in [2.75, 3.05) is 11.9 Å². The highest BCUT2D eigenvalue weighted by Crippen LogP contribution is 2.24. The summed E-state index contributed by atoms with van der Waals surface area (Å²) < 4.78 is 0. The van der Waals surface area contributed by atoms with Crippen LogP contribution < -0.4 is 10.6 Å². The zero-order valence-corrected chi connectivity index (χ0v) is 16.5. The second kappa shape index (κ2) is 8.71.